The number of benzene rings is 3. The Balaban J connectivity index is 1.97. The maximum Gasteiger partial charge on any atom is 0.272 e. The first kappa shape index (κ1) is 12.8. The Hall–Kier alpha value is -2.94. The SMILES string of the molecule is Cc1ccc(C2=[N+]([O-])c3ccc4ccccc4c3C2=O)cc1. The predicted octanol–water partition coefficient (Wildman–Crippen LogP) is 3.98. The van der Waals surface area contributed by atoms with Crippen LogP contribution in [0.3, 0.4) is 0 Å². The number of fused-ring (bicyclic) bond motifs is 3. The molecule has 3 aromatic rings. The Morgan fingerprint density at radius 3 is 2.41 bits per heavy atom. The molecule has 0 N–H and O–H groups in total. The first-order valence-electron chi connectivity index (χ1n) is 7.14. The molecule has 1 heterocycles. The van der Waals surface area contributed by atoms with Gasteiger partial charge in [0.05, 0.1) is 5.56 Å². The monoisotopic (exact) mass is 287 g/mol. The van der Waals surface area contributed by atoms with Crippen LogP contribution in [0.15, 0.2) is 60.7 Å². The van der Waals surface area contributed by atoms with Gasteiger partial charge >= 0.3 is 0 Å². The summed E-state index contributed by atoms with van der Waals surface area (Å²) in [5, 5.41) is 14.4. The predicted molar refractivity (Wildman–Crippen MR) is 86.9 cm³/mol. The topological polar surface area (TPSA) is 43.1 Å². The third-order valence-corrected chi connectivity index (χ3v) is 4.10. The molecule has 0 spiro atoms. The van der Waals surface area contributed by atoms with Crippen molar-refractivity contribution in [2.24, 2.45) is 0 Å². The molecular formula is C19H13NO2. The van der Waals surface area contributed by atoms with E-state index >= 15 is 0 Å². The molecule has 0 fully saturated rings. The molecule has 106 valence electrons. The van der Waals surface area contributed by atoms with Gasteiger partial charge in [0, 0.05) is 6.07 Å². The van der Waals surface area contributed by atoms with E-state index in [0.717, 1.165) is 21.1 Å². The van der Waals surface area contributed by atoms with Crippen LogP contribution in [0.5, 0.6) is 0 Å². The number of hydrogen-bond acceptors (Lipinski definition) is 2. The number of Topliss-reactive ketones (excluding diaryl/α,β-unsaturated/α-hetero) is 1. The first-order chi connectivity index (χ1) is 10.7. The van der Waals surface area contributed by atoms with Gasteiger partial charge in [-0.1, -0.05) is 42.0 Å². The highest BCUT2D eigenvalue weighted by Crippen LogP contribution is 2.34. The fraction of sp³-hybridized carbons (Fsp3) is 0.0526. The van der Waals surface area contributed by atoms with Crippen LogP contribution in [0.1, 0.15) is 21.5 Å². The molecule has 1 aliphatic heterocycles. The van der Waals surface area contributed by atoms with Crippen LogP contribution in [0.25, 0.3) is 10.8 Å². The van der Waals surface area contributed by atoms with Gasteiger partial charge in [0.15, 0.2) is 0 Å². The van der Waals surface area contributed by atoms with Crippen LogP contribution in [0.2, 0.25) is 0 Å². The maximum absolute atomic E-state index is 12.8. The number of carbonyl (C=O) groups excluding carboxylic acids is 1. The first-order valence-corrected chi connectivity index (χ1v) is 7.14. The molecule has 3 nitrogen and oxygen atoms in total. The van der Waals surface area contributed by atoms with E-state index in [0.29, 0.717) is 16.8 Å². The second kappa shape index (κ2) is 4.53. The van der Waals surface area contributed by atoms with E-state index in [1.807, 2.05) is 61.5 Å². The highest BCUT2D eigenvalue weighted by molar-refractivity contribution is 6.53. The van der Waals surface area contributed by atoms with Gasteiger partial charge in [-0.3, -0.25) is 4.79 Å². The molecule has 0 aromatic heterocycles. The molecule has 0 radical (unpaired) electrons. The number of nitrogens with zero attached hydrogens (tertiary/aromatic N) is 1. The maximum atomic E-state index is 12.8. The van der Waals surface area contributed by atoms with E-state index in [1.54, 1.807) is 6.07 Å². The van der Waals surface area contributed by atoms with E-state index in [1.165, 1.54) is 0 Å². The lowest BCUT2D eigenvalue weighted by Gasteiger charge is -2.03. The van der Waals surface area contributed by atoms with Crippen molar-refractivity contribution in [1.29, 1.82) is 0 Å². The van der Waals surface area contributed by atoms with E-state index in [4.69, 9.17) is 0 Å². The summed E-state index contributed by atoms with van der Waals surface area (Å²) in [7, 11) is 0. The van der Waals surface area contributed by atoms with Crippen LogP contribution in [0.4, 0.5) is 5.69 Å². The highest BCUT2D eigenvalue weighted by atomic mass is 16.5. The molecule has 0 bridgehead atoms. The largest absolute Gasteiger partial charge is 0.618 e. The smallest absolute Gasteiger partial charge is 0.272 e. The van der Waals surface area contributed by atoms with Gasteiger partial charge in [0.25, 0.3) is 11.5 Å². The van der Waals surface area contributed by atoms with Crippen molar-refractivity contribution >= 4 is 28.0 Å². The van der Waals surface area contributed by atoms with Crippen molar-refractivity contribution in [3.05, 3.63) is 82.6 Å². The molecule has 0 aliphatic carbocycles. The Labute approximate surface area is 127 Å². The number of hydrogen-bond donors (Lipinski definition) is 0. The van der Waals surface area contributed by atoms with E-state index < -0.39 is 0 Å². The highest BCUT2D eigenvalue weighted by Gasteiger charge is 2.37. The molecule has 3 aromatic carbocycles. The average molecular weight is 287 g/mol. The second-order valence-electron chi connectivity index (χ2n) is 5.52. The van der Waals surface area contributed by atoms with E-state index in [2.05, 4.69) is 0 Å². The van der Waals surface area contributed by atoms with Gasteiger partial charge in [0.2, 0.25) is 5.69 Å². The third kappa shape index (κ3) is 1.69. The quantitative estimate of drug-likeness (QED) is 0.502. The normalized spacial score (nSPS) is 13.8. The lowest BCUT2D eigenvalue weighted by atomic mass is 9.97. The van der Waals surface area contributed by atoms with Gasteiger partial charge in [-0.25, -0.2) is 0 Å². The van der Waals surface area contributed by atoms with Crippen molar-refractivity contribution in [2.75, 3.05) is 0 Å². The minimum absolute atomic E-state index is 0.200. The van der Waals surface area contributed by atoms with Gasteiger partial charge in [-0.15, -0.1) is 0 Å². The summed E-state index contributed by atoms with van der Waals surface area (Å²) in [6, 6.07) is 18.7. The van der Waals surface area contributed by atoms with Crippen molar-refractivity contribution in [3.63, 3.8) is 0 Å². The lowest BCUT2D eigenvalue weighted by molar-refractivity contribution is -0.355. The summed E-state index contributed by atoms with van der Waals surface area (Å²) < 4.78 is 0.759. The summed E-state index contributed by atoms with van der Waals surface area (Å²) in [5.74, 6) is -0.203. The van der Waals surface area contributed by atoms with Gasteiger partial charge < -0.3 is 5.21 Å². The Kier molecular flexibility index (Phi) is 2.63. The van der Waals surface area contributed by atoms with Gasteiger partial charge in [-0.2, -0.15) is 4.74 Å². The minimum Gasteiger partial charge on any atom is -0.618 e. The van der Waals surface area contributed by atoms with Crippen LogP contribution >= 0.6 is 0 Å². The van der Waals surface area contributed by atoms with Gasteiger partial charge in [0.1, 0.15) is 5.56 Å². The fourth-order valence-corrected chi connectivity index (χ4v) is 2.96. The molecule has 0 amide bonds. The van der Waals surface area contributed by atoms with E-state index in [-0.39, 0.29) is 11.5 Å². The number of aryl methyl sites for hydroxylation is 1. The van der Waals surface area contributed by atoms with Crippen molar-refractivity contribution in [2.45, 2.75) is 6.92 Å². The summed E-state index contributed by atoms with van der Waals surface area (Å²) >= 11 is 0. The Morgan fingerprint density at radius 2 is 1.64 bits per heavy atom. The van der Waals surface area contributed by atoms with Crippen molar-refractivity contribution in [3.8, 4) is 0 Å². The van der Waals surface area contributed by atoms with Crippen molar-refractivity contribution in [1.82, 2.24) is 0 Å². The molecule has 0 atom stereocenters. The lowest BCUT2D eigenvalue weighted by Crippen LogP contribution is -2.16. The number of ketones is 1. The zero-order chi connectivity index (χ0) is 15.3. The number of carbonyl (C=O) groups is 1. The molecular weight excluding hydrogens is 274 g/mol. The third-order valence-electron chi connectivity index (χ3n) is 4.10. The summed E-state index contributed by atoms with van der Waals surface area (Å²) in [6.07, 6.45) is 0. The molecule has 0 saturated carbocycles. The zero-order valence-corrected chi connectivity index (χ0v) is 12.0. The molecule has 0 saturated heterocycles. The molecule has 3 heteroatoms. The fourth-order valence-electron chi connectivity index (χ4n) is 2.96. The zero-order valence-electron chi connectivity index (χ0n) is 12.0. The Morgan fingerprint density at radius 1 is 0.909 bits per heavy atom. The summed E-state index contributed by atoms with van der Waals surface area (Å²) in [4.78, 5) is 12.8. The van der Waals surface area contributed by atoms with Crippen molar-refractivity contribution < 1.29 is 9.53 Å². The Bertz CT molecular complexity index is 953. The van der Waals surface area contributed by atoms with Crippen LogP contribution in [-0.2, 0) is 0 Å². The second-order valence-corrected chi connectivity index (χ2v) is 5.52. The van der Waals surface area contributed by atoms with Crippen LogP contribution < -0.4 is 0 Å². The number of rotatable bonds is 1. The molecule has 0 unspecified atom stereocenters. The molecule has 1 aliphatic rings. The minimum atomic E-state index is -0.203. The summed E-state index contributed by atoms with van der Waals surface area (Å²) in [6.45, 7) is 1.97. The molecule has 22 heavy (non-hydrogen) atoms. The van der Waals surface area contributed by atoms with Crippen LogP contribution in [-0.4, -0.2) is 16.2 Å². The average Bonchev–Trinajstić information content (AvgIpc) is 2.80. The van der Waals surface area contributed by atoms with Gasteiger partial charge in [-0.05, 0) is 35.9 Å². The summed E-state index contributed by atoms with van der Waals surface area (Å²) in [5.41, 5.74) is 2.88. The standard InChI is InChI=1S/C19H13NO2/c1-12-6-8-14(9-7-12)18-19(21)17-15-5-3-2-4-13(15)10-11-16(17)20(18)22/h2-11H,1H3. The van der Waals surface area contributed by atoms with E-state index in [9.17, 15) is 10.0 Å². The van der Waals surface area contributed by atoms with Crippen LogP contribution in [0, 0.1) is 12.1 Å². The molecule has 4 rings (SSSR count).